The average Bonchev–Trinajstić information content (AvgIpc) is 2.91. The minimum Gasteiger partial charge on any atom is -0.360 e. The molecule has 0 saturated heterocycles. The van der Waals surface area contributed by atoms with E-state index >= 15 is 0 Å². The number of H-pyrrole nitrogens is 1. The number of para-hydroxylation sites is 2. The van der Waals surface area contributed by atoms with Gasteiger partial charge in [0.05, 0.1) is 11.0 Å². The number of anilines is 1. The highest BCUT2D eigenvalue weighted by Crippen LogP contribution is 2.17. The molecule has 0 aliphatic rings. The Morgan fingerprint density at radius 2 is 2.10 bits per heavy atom. The van der Waals surface area contributed by atoms with Gasteiger partial charge in [0.1, 0.15) is 11.6 Å². The minimum absolute atomic E-state index is 0.465. The molecular formula is C17H14N4. The Morgan fingerprint density at radius 3 is 2.86 bits per heavy atom. The number of nitrogens with zero attached hydrogens (tertiary/aromatic N) is 2. The summed E-state index contributed by atoms with van der Waals surface area (Å²) in [5.74, 6) is 0.568. The van der Waals surface area contributed by atoms with Crippen LogP contribution in [0.15, 0.2) is 54.7 Å². The smallest absolute Gasteiger partial charge is 0.150 e. The lowest BCUT2D eigenvalue weighted by molar-refractivity contribution is 1.27. The summed E-state index contributed by atoms with van der Waals surface area (Å²) < 4.78 is 0. The molecule has 0 fully saturated rings. The standard InChI is InChI=1S/C17H14N4/c1-12-5-4-6-14(9-12)19-11-13(10-18)17-20-15-7-2-3-8-16(15)21-17/h2-9,11,19H,1H3,(H,20,21)/b13-11+. The lowest BCUT2D eigenvalue weighted by Gasteiger charge is -2.02. The molecule has 0 saturated carbocycles. The predicted octanol–water partition coefficient (Wildman–Crippen LogP) is 3.85. The van der Waals surface area contributed by atoms with Gasteiger partial charge in [-0.25, -0.2) is 4.98 Å². The molecule has 1 heterocycles. The summed E-state index contributed by atoms with van der Waals surface area (Å²) in [6, 6.07) is 17.9. The molecule has 0 unspecified atom stereocenters. The second kappa shape index (κ2) is 5.51. The van der Waals surface area contributed by atoms with Crippen molar-refractivity contribution in [1.29, 1.82) is 5.26 Å². The van der Waals surface area contributed by atoms with Gasteiger partial charge in [-0.15, -0.1) is 0 Å². The van der Waals surface area contributed by atoms with Crippen LogP contribution in [0.2, 0.25) is 0 Å². The van der Waals surface area contributed by atoms with Crippen molar-refractivity contribution in [3.63, 3.8) is 0 Å². The van der Waals surface area contributed by atoms with E-state index in [1.54, 1.807) is 6.20 Å². The van der Waals surface area contributed by atoms with Gasteiger partial charge in [0, 0.05) is 11.9 Å². The van der Waals surface area contributed by atoms with E-state index in [2.05, 4.69) is 21.4 Å². The van der Waals surface area contributed by atoms with Crippen LogP contribution < -0.4 is 5.32 Å². The third-order valence-corrected chi connectivity index (χ3v) is 3.17. The summed E-state index contributed by atoms with van der Waals surface area (Å²) >= 11 is 0. The van der Waals surface area contributed by atoms with Crippen LogP contribution in [-0.2, 0) is 0 Å². The van der Waals surface area contributed by atoms with Crippen LogP contribution in [0.5, 0.6) is 0 Å². The van der Waals surface area contributed by atoms with Crippen molar-refractivity contribution in [3.05, 3.63) is 66.1 Å². The Balaban J connectivity index is 1.91. The molecule has 0 aliphatic heterocycles. The highest BCUT2D eigenvalue weighted by molar-refractivity contribution is 5.82. The van der Waals surface area contributed by atoms with Gasteiger partial charge in [-0.05, 0) is 36.8 Å². The molecule has 102 valence electrons. The summed E-state index contributed by atoms with van der Waals surface area (Å²) in [6.07, 6.45) is 1.67. The number of hydrogen-bond donors (Lipinski definition) is 2. The first-order chi connectivity index (χ1) is 10.3. The summed E-state index contributed by atoms with van der Waals surface area (Å²) in [7, 11) is 0. The van der Waals surface area contributed by atoms with Gasteiger partial charge in [-0.2, -0.15) is 5.26 Å². The maximum Gasteiger partial charge on any atom is 0.150 e. The second-order valence-electron chi connectivity index (χ2n) is 4.79. The lowest BCUT2D eigenvalue weighted by Crippen LogP contribution is -1.92. The first-order valence-corrected chi connectivity index (χ1v) is 6.65. The van der Waals surface area contributed by atoms with Gasteiger partial charge in [0.2, 0.25) is 0 Å². The van der Waals surface area contributed by atoms with Crippen LogP contribution in [0.4, 0.5) is 5.69 Å². The first-order valence-electron chi connectivity index (χ1n) is 6.65. The Bertz CT molecular complexity index is 819. The quantitative estimate of drug-likeness (QED) is 0.713. The highest BCUT2D eigenvalue weighted by Gasteiger charge is 2.07. The van der Waals surface area contributed by atoms with Crippen molar-refractivity contribution >= 4 is 22.3 Å². The molecule has 2 aromatic carbocycles. The largest absolute Gasteiger partial charge is 0.360 e. The number of benzene rings is 2. The Kier molecular flexibility index (Phi) is 3.40. The van der Waals surface area contributed by atoms with Gasteiger partial charge in [-0.1, -0.05) is 24.3 Å². The molecule has 2 N–H and O–H groups in total. The third kappa shape index (κ3) is 2.77. The highest BCUT2D eigenvalue weighted by atomic mass is 14.9. The number of aromatic nitrogens is 2. The summed E-state index contributed by atoms with van der Waals surface area (Å²) in [5, 5.41) is 12.5. The summed E-state index contributed by atoms with van der Waals surface area (Å²) in [4.78, 5) is 7.58. The molecule has 0 radical (unpaired) electrons. The summed E-state index contributed by atoms with van der Waals surface area (Å²) in [5.41, 5.74) is 4.34. The second-order valence-corrected chi connectivity index (χ2v) is 4.79. The monoisotopic (exact) mass is 274 g/mol. The molecular weight excluding hydrogens is 260 g/mol. The van der Waals surface area contributed by atoms with Crippen LogP contribution in [0.25, 0.3) is 16.6 Å². The van der Waals surface area contributed by atoms with Crippen molar-refractivity contribution < 1.29 is 0 Å². The molecule has 21 heavy (non-hydrogen) atoms. The van der Waals surface area contributed by atoms with E-state index in [0.717, 1.165) is 22.3 Å². The normalized spacial score (nSPS) is 11.3. The average molecular weight is 274 g/mol. The minimum atomic E-state index is 0.465. The van der Waals surface area contributed by atoms with Crippen molar-refractivity contribution in [2.24, 2.45) is 0 Å². The van der Waals surface area contributed by atoms with Crippen LogP contribution in [0.3, 0.4) is 0 Å². The summed E-state index contributed by atoms with van der Waals surface area (Å²) in [6.45, 7) is 2.03. The molecule has 0 spiro atoms. The Morgan fingerprint density at radius 1 is 1.24 bits per heavy atom. The van der Waals surface area contributed by atoms with E-state index in [1.807, 2.05) is 55.5 Å². The van der Waals surface area contributed by atoms with Crippen molar-refractivity contribution in [2.75, 3.05) is 5.32 Å². The fraction of sp³-hybridized carbons (Fsp3) is 0.0588. The lowest BCUT2D eigenvalue weighted by atomic mass is 10.2. The molecule has 0 amide bonds. The zero-order chi connectivity index (χ0) is 14.7. The fourth-order valence-electron chi connectivity index (χ4n) is 2.12. The number of fused-ring (bicyclic) bond motifs is 1. The molecule has 4 heteroatoms. The number of imidazole rings is 1. The molecule has 4 nitrogen and oxygen atoms in total. The maximum absolute atomic E-state index is 9.32. The number of nitrogens with one attached hydrogen (secondary N) is 2. The zero-order valence-corrected chi connectivity index (χ0v) is 11.6. The zero-order valence-electron chi connectivity index (χ0n) is 11.6. The van der Waals surface area contributed by atoms with Crippen LogP contribution in [0, 0.1) is 18.3 Å². The van der Waals surface area contributed by atoms with Gasteiger partial charge in [-0.3, -0.25) is 0 Å². The number of aryl methyl sites for hydroxylation is 1. The van der Waals surface area contributed by atoms with E-state index in [0.29, 0.717) is 11.4 Å². The van der Waals surface area contributed by atoms with E-state index in [4.69, 9.17) is 0 Å². The fourth-order valence-corrected chi connectivity index (χ4v) is 2.12. The predicted molar refractivity (Wildman–Crippen MR) is 84.5 cm³/mol. The Hall–Kier alpha value is -3.06. The van der Waals surface area contributed by atoms with E-state index < -0.39 is 0 Å². The van der Waals surface area contributed by atoms with E-state index in [1.165, 1.54) is 0 Å². The first kappa shape index (κ1) is 12.9. The van der Waals surface area contributed by atoms with Crippen LogP contribution >= 0.6 is 0 Å². The van der Waals surface area contributed by atoms with Gasteiger partial charge in [0.25, 0.3) is 0 Å². The van der Waals surface area contributed by atoms with E-state index in [-0.39, 0.29) is 0 Å². The third-order valence-electron chi connectivity index (χ3n) is 3.17. The maximum atomic E-state index is 9.32. The van der Waals surface area contributed by atoms with Crippen LogP contribution in [-0.4, -0.2) is 9.97 Å². The molecule has 0 aliphatic carbocycles. The van der Waals surface area contributed by atoms with Crippen molar-refractivity contribution in [1.82, 2.24) is 9.97 Å². The SMILES string of the molecule is Cc1cccc(N/C=C(\C#N)c2nc3ccccc3[nH]2)c1. The van der Waals surface area contributed by atoms with Gasteiger partial charge < -0.3 is 10.3 Å². The molecule has 1 aromatic heterocycles. The number of hydrogen-bond acceptors (Lipinski definition) is 3. The topological polar surface area (TPSA) is 64.5 Å². The number of aromatic amines is 1. The van der Waals surface area contributed by atoms with Crippen LogP contribution in [0.1, 0.15) is 11.4 Å². The van der Waals surface area contributed by atoms with E-state index in [9.17, 15) is 5.26 Å². The van der Waals surface area contributed by atoms with Crippen molar-refractivity contribution in [2.45, 2.75) is 6.92 Å². The molecule has 0 atom stereocenters. The number of allylic oxidation sites excluding steroid dienone is 1. The number of rotatable bonds is 3. The molecule has 0 bridgehead atoms. The van der Waals surface area contributed by atoms with Crippen molar-refractivity contribution in [3.8, 4) is 6.07 Å². The van der Waals surface area contributed by atoms with Gasteiger partial charge >= 0.3 is 0 Å². The van der Waals surface area contributed by atoms with Gasteiger partial charge in [0.15, 0.2) is 5.82 Å². The number of nitriles is 1. The Labute approximate surface area is 122 Å². The molecule has 3 rings (SSSR count). The molecule has 3 aromatic rings.